The molecule has 2 heterocycles. The summed E-state index contributed by atoms with van der Waals surface area (Å²) in [5.41, 5.74) is 0.330. The molecular formula is C19H24N2O3. The molecule has 3 rings (SSSR count). The Morgan fingerprint density at radius 3 is 2.58 bits per heavy atom. The van der Waals surface area contributed by atoms with Crippen LogP contribution in [0.5, 0.6) is 5.75 Å². The Morgan fingerprint density at radius 1 is 1.29 bits per heavy atom. The van der Waals surface area contributed by atoms with Crippen LogP contribution in [-0.4, -0.2) is 40.2 Å². The molecule has 128 valence electrons. The number of carbonyl (C=O) groups is 1. The number of aliphatic hydroxyl groups is 1. The predicted molar refractivity (Wildman–Crippen MR) is 92.0 cm³/mol. The Balaban J connectivity index is 1.88. The molecule has 1 aliphatic rings. The van der Waals surface area contributed by atoms with Crippen molar-refractivity contribution in [2.45, 2.75) is 31.4 Å². The van der Waals surface area contributed by atoms with E-state index in [1.807, 2.05) is 54.2 Å². The molecule has 1 aliphatic heterocycles. The number of hydrogen-bond acceptors (Lipinski definition) is 3. The van der Waals surface area contributed by atoms with Crippen molar-refractivity contribution in [2.24, 2.45) is 7.05 Å². The summed E-state index contributed by atoms with van der Waals surface area (Å²) in [5.74, 6) is 0.719. The summed E-state index contributed by atoms with van der Waals surface area (Å²) in [5, 5.41) is 11.2. The molecule has 0 saturated carbocycles. The van der Waals surface area contributed by atoms with Crippen molar-refractivity contribution in [2.75, 3.05) is 13.7 Å². The van der Waals surface area contributed by atoms with Gasteiger partial charge in [0, 0.05) is 19.8 Å². The summed E-state index contributed by atoms with van der Waals surface area (Å²) in [6, 6.07) is 10.8. The van der Waals surface area contributed by atoms with Gasteiger partial charge >= 0.3 is 0 Å². The Kier molecular flexibility index (Phi) is 4.37. The molecule has 1 fully saturated rings. The molecule has 5 heteroatoms. The highest BCUT2D eigenvalue weighted by atomic mass is 16.5. The molecule has 1 aromatic carbocycles. The monoisotopic (exact) mass is 328 g/mol. The molecule has 0 radical (unpaired) electrons. The van der Waals surface area contributed by atoms with Crippen LogP contribution in [-0.2, 0) is 12.6 Å². The van der Waals surface area contributed by atoms with Crippen LogP contribution < -0.4 is 4.74 Å². The SMILES string of the molecule is COc1ccc([C@@](C)(O)[C@H]2CCCN2C(=O)c2cccn2C)cc1. The van der Waals surface area contributed by atoms with Gasteiger partial charge in [0.05, 0.1) is 13.2 Å². The molecule has 0 bridgehead atoms. The maximum absolute atomic E-state index is 12.9. The minimum Gasteiger partial charge on any atom is -0.497 e. The van der Waals surface area contributed by atoms with Gasteiger partial charge in [-0.05, 0) is 49.6 Å². The number of methoxy groups -OCH3 is 1. The lowest BCUT2D eigenvalue weighted by Crippen LogP contribution is -2.48. The van der Waals surface area contributed by atoms with Crippen LogP contribution in [0.1, 0.15) is 35.8 Å². The van der Waals surface area contributed by atoms with Gasteiger partial charge in [0.25, 0.3) is 5.91 Å². The first-order valence-corrected chi connectivity index (χ1v) is 8.24. The summed E-state index contributed by atoms with van der Waals surface area (Å²) in [7, 11) is 3.48. The van der Waals surface area contributed by atoms with Crippen molar-refractivity contribution < 1.29 is 14.6 Å². The number of aromatic nitrogens is 1. The third-order valence-corrected chi connectivity index (χ3v) is 5.00. The zero-order valence-electron chi connectivity index (χ0n) is 14.4. The standard InChI is InChI=1S/C19H24N2O3/c1-19(23,14-8-10-15(24-3)11-9-14)17-7-5-13-21(17)18(22)16-6-4-12-20(16)2/h4,6,8-12,17,23H,5,7,13H2,1-3H3/t17-,19-/m1/s1. The van der Waals surface area contributed by atoms with Gasteiger partial charge in [0.1, 0.15) is 17.0 Å². The first-order valence-electron chi connectivity index (χ1n) is 8.24. The molecule has 0 aliphatic carbocycles. The molecule has 24 heavy (non-hydrogen) atoms. The molecule has 2 aromatic rings. The van der Waals surface area contributed by atoms with Gasteiger partial charge in [-0.25, -0.2) is 0 Å². The summed E-state index contributed by atoms with van der Waals surface area (Å²) >= 11 is 0. The first kappa shape index (κ1) is 16.6. The number of rotatable bonds is 4. The average Bonchev–Trinajstić information content (AvgIpc) is 3.23. The number of benzene rings is 1. The van der Waals surface area contributed by atoms with Crippen LogP contribution in [0.25, 0.3) is 0 Å². The average molecular weight is 328 g/mol. The topological polar surface area (TPSA) is 54.7 Å². The number of amides is 1. The lowest BCUT2D eigenvalue weighted by Gasteiger charge is -2.37. The Bertz CT molecular complexity index is 718. The van der Waals surface area contributed by atoms with E-state index in [2.05, 4.69) is 0 Å². The molecule has 1 aromatic heterocycles. The Labute approximate surface area is 142 Å². The summed E-state index contributed by atoms with van der Waals surface area (Å²) in [4.78, 5) is 14.7. The lowest BCUT2D eigenvalue weighted by molar-refractivity contribution is -0.0180. The number of carbonyl (C=O) groups excluding carboxylic acids is 1. The van der Waals surface area contributed by atoms with Gasteiger partial charge in [0.2, 0.25) is 0 Å². The number of hydrogen-bond donors (Lipinski definition) is 1. The molecule has 2 atom stereocenters. The van der Waals surface area contributed by atoms with E-state index in [0.717, 1.165) is 24.2 Å². The molecular weight excluding hydrogens is 304 g/mol. The van der Waals surface area contributed by atoms with Gasteiger partial charge in [-0.15, -0.1) is 0 Å². The van der Waals surface area contributed by atoms with E-state index in [-0.39, 0.29) is 11.9 Å². The van der Waals surface area contributed by atoms with Gasteiger partial charge in [-0.1, -0.05) is 12.1 Å². The maximum Gasteiger partial charge on any atom is 0.270 e. The second kappa shape index (κ2) is 6.32. The fraction of sp³-hybridized carbons (Fsp3) is 0.421. The second-order valence-electron chi connectivity index (χ2n) is 6.54. The van der Waals surface area contributed by atoms with Gasteiger partial charge < -0.3 is 19.3 Å². The van der Waals surface area contributed by atoms with Crippen molar-refractivity contribution in [3.8, 4) is 5.75 Å². The molecule has 5 nitrogen and oxygen atoms in total. The van der Waals surface area contributed by atoms with E-state index in [9.17, 15) is 9.90 Å². The van der Waals surface area contributed by atoms with Crippen molar-refractivity contribution in [3.63, 3.8) is 0 Å². The highest BCUT2D eigenvalue weighted by Crippen LogP contribution is 2.36. The number of aryl methyl sites for hydroxylation is 1. The quantitative estimate of drug-likeness (QED) is 0.938. The van der Waals surface area contributed by atoms with Crippen molar-refractivity contribution in [1.82, 2.24) is 9.47 Å². The highest BCUT2D eigenvalue weighted by Gasteiger charge is 2.43. The van der Waals surface area contributed by atoms with Crippen LogP contribution in [0.3, 0.4) is 0 Å². The van der Waals surface area contributed by atoms with Crippen LogP contribution >= 0.6 is 0 Å². The fourth-order valence-corrected chi connectivity index (χ4v) is 3.55. The zero-order chi connectivity index (χ0) is 17.3. The Morgan fingerprint density at radius 2 is 2.00 bits per heavy atom. The summed E-state index contributed by atoms with van der Waals surface area (Å²) in [6.45, 7) is 2.46. The molecule has 0 unspecified atom stereocenters. The van der Waals surface area contributed by atoms with E-state index in [1.165, 1.54) is 0 Å². The minimum atomic E-state index is -1.11. The van der Waals surface area contributed by atoms with Crippen LogP contribution in [0.4, 0.5) is 0 Å². The summed E-state index contributed by atoms with van der Waals surface area (Å²) < 4.78 is 7.00. The minimum absolute atomic E-state index is 0.0289. The van der Waals surface area contributed by atoms with E-state index < -0.39 is 5.60 Å². The number of likely N-dealkylation sites (tertiary alicyclic amines) is 1. The second-order valence-corrected chi connectivity index (χ2v) is 6.54. The molecule has 1 N–H and O–H groups in total. The third kappa shape index (κ3) is 2.80. The fourth-order valence-electron chi connectivity index (χ4n) is 3.55. The van der Waals surface area contributed by atoms with Crippen LogP contribution in [0.15, 0.2) is 42.6 Å². The van der Waals surface area contributed by atoms with Crippen molar-refractivity contribution in [1.29, 1.82) is 0 Å². The maximum atomic E-state index is 12.9. The zero-order valence-corrected chi connectivity index (χ0v) is 14.4. The van der Waals surface area contributed by atoms with Crippen LogP contribution in [0.2, 0.25) is 0 Å². The molecule has 1 saturated heterocycles. The van der Waals surface area contributed by atoms with Crippen molar-refractivity contribution in [3.05, 3.63) is 53.9 Å². The van der Waals surface area contributed by atoms with Gasteiger partial charge in [0.15, 0.2) is 0 Å². The third-order valence-electron chi connectivity index (χ3n) is 5.00. The van der Waals surface area contributed by atoms with E-state index >= 15 is 0 Å². The van der Waals surface area contributed by atoms with E-state index in [1.54, 1.807) is 18.9 Å². The van der Waals surface area contributed by atoms with Crippen LogP contribution in [0, 0.1) is 0 Å². The Hall–Kier alpha value is -2.27. The highest BCUT2D eigenvalue weighted by molar-refractivity contribution is 5.93. The van der Waals surface area contributed by atoms with Crippen molar-refractivity contribution >= 4 is 5.91 Å². The molecule has 0 spiro atoms. The lowest BCUT2D eigenvalue weighted by atomic mass is 9.86. The predicted octanol–water partition coefficient (Wildman–Crippen LogP) is 2.55. The molecule has 1 amide bonds. The summed E-state index contributed by atoms with van der Waals surface area (Å²) in [6.07, 6.45) is 3.54. The smallest absolute Gasteiger partial charge is 0.270 e. The van der Waals surface area contributed by atoms with Gasteiger partial charge in [-0.3, -0.25) is 4.79 Å². The largest absolute Gasteiger partial charge is 0.497 e. The van der Waals surface area contributed by atoms with E-state index in [4.69, 9.17) is 4.74 Å². The van der Waals surface area contributed by atoms with Gasteiger partial charge in [-0.2, -0.15) is 0 Å². The van der Waals surface area contributed by atoms with E-state index in [0.29, 0.717) is 12.2 Å². The first-order chi connectivity index (χ1) is 11.4. The number of ether oxygens (including phenoxy) is 1. The normalized spacial score (nSPS) is 20.0. The number of nitrogens with zero attached hydrogens (tertiary/aromatic N) is 2.